The first kappa shape index (κ1) is 17.2. The van der Waals surface area contributed by atoms with Crippen molar-refractivity contribution in [2.24, 2.45) is 0 Å². The van der Waals surface area contributed by atoms with Crippen molar-refractivity contribution in [3.63, 3.8) is 0 Å². The maximum Gasteiger partial charge on any atom is 0.251 e. The van der Waals surface area contributed by atoms with Crippen LogP contribution in [0.5, 0.6) is 0 Å². The Kier molecular flexibility index (Phi) is 6.36. The maximum atomic E-state index is 12.2. The first-order valence-electron chi connectivity index (χ1n) is 8.10. The molecule has 1 N–H and O–H groups in total. The SMILES string of the molecule is CC(C)OCc1ccc(C(=O)NC[C@@H](C)c2ccccc2)cc1. The minimum Gasteiger partial charge on any atom is -0.374 e. The van der Waals surface area contributed by atoms with Gasteiger partial charge in [0.25, 0.3) is 5.91 Å². The fourth-order valence-corrected chi connectivity index (χ4v) is 2.26. The highest BCUT2D eigenvalue weighted by atomic mass is 16.5. The van der Waals surface area contributed by atoms with Gasteiger partial charge < -0.3 is 10.1 Å². The Morgan fingerprint density at radius 1 is 1.00 bits per heavy atom. The molecule has 0 spiro atoms. The topological polar surface area (TPSA) is 38.3 Å². The van der Waals surface area contributed by atoms with Crippen LogP contribution in [0.15, 0.2) is 54.6 Å². The van der Waals surface area contributed by atoms with Crippen LogP contribution in [0.2, 0.25) is 0 Å². The van der Waals surface area contributed by atoms with Crippen molar-refractivity contribution in [2.75, 3.05) is 6.54 Å². The highest BCUT2D eigenvalue weighted by Gasteiger charge is 2.09. The van der Waals surface area contributed by atoms with Crippen LogP contribution in [0.3, 0.4) is 0 Å². The summed E-state index contributed by atoms with van der Waals surface area (Å²) in [4.78, 5) is 12.2. The van der Waals surface area contributed by atoms with Gasteiger partial charge in [-0.05, 0) is 43.0 Å². The second-order valence-electron chi connectivity index (χ2n) is 6.08. The van der Waals surface area contributed by atoms with Crippen molar-refractivity contribution in [1.29, 1.82) is 0 Å². The Hall–Kier alpha value is -2.13. The van der Waals surface area contributed by atoms with Gasteiger partial charge in [-0.15, -0.1) is 0 Å². The third-order valence-electron chi connectivity index (χ3n) is 3.74. The molecule has 3 heteroatoms. The Labute approximate surface area is 138 Å². The lowest BCUT2D eigenvalue weighted by Crippen LogP contribution is -2.27. The zero-order valence-corrected chi connectivity index (χ0v) is 14.1. The highest BCUT2D eigenvalue weighted by Crippen LogP contribution is 2.13. The van der Waals surface area contributed by atoms with E-state index in [2.05, 4.69) is 24.4 Å². The molecule has 0 saturated heterocycles. The number of rotatable bonds is 7. The molecule has 0 aliphatic rings. The van der Waals surface area contributed by atoms with Crippen LogP contribution in [0.4, 0.5) is 0 Å². The molecule has 122 valence electrons. The molecule has 2 rings (SSSR count). The average molecular weight is 311 g/mol. The number of amides is 1. The van der Waals surface area contributed by atoms with E-state index in [9.17, 15) is 4.79 Å². The molecule has 1 atom stereocenters. The van der Waals surface area contributed by atoms with Gasteiger partial charge in [0.2, 0.25) is 0 Å². The van der Waals surface area contributed by atoms with Crippen molar-refractivity contribution < 1.29 is 9.53 Å². The molecule has 0 radical (unpaired) electrons. The van der Waals surface area contributed by atoms with Crippen LogP contribution in [-0.2, 0) is 11.3 Å². The summed E-state index contributed by atoms with van der Waals surface area (Å²) in [5.41, 5.74) is 2.99. The van der Waals surface area contributed by atoms with Crippen LogP contribution in [-0.4, -0.2) is 18.6 Å². The van der Waals surface area contributed by atoms with Crippen LogP contribution >= 0.6 is 0 Å². The molecule has 0 saturated carbocycles. The van der Waals surface area contributed by atoms with Gasteiger partial charge in [-0.1, -0.05) is 49.4 Å². The van der Waals surface area contributed by atoms with E-state index < -0.39 is 0 Å². The van der Waals surface area contributed by atoms with Gasteiger partial charge in [0.1, 0.15) is 0 Å². The van der Waals surface area contributed by atoms with Gasteiger partial charge in [0, 0.05) is 12.1 Å². The van der Waals surface area contributed by atoms with Gasteiger partial charge in [-0.3, -0.25) is 4.79 Å². The monoisotopic (exact) mass is 311 g/mol. The van der Waals surface area contributed by atoms with E-state index >= 15 is 0 Å². The predicted molar refractivity (Wildman–Crippen MR) is 93.6 cm³/mol. The van der Waals surface area contributed by atoms with Crippen LogP contribution in [0.25, 0.3) is 0 Å². The van der Waals surface area contributed by atoms with E-state index in [0.29, 0.717) is 24.6 Å². The van der Waals surface area contributed by atoms with Crippen molar-refractivity contribution in [3.8, 4) is 0 Å². The fourth-order valence-electron chi connectivity index (χ4n) is 2.26. The third kappa shape index (κ3) is 5.53. The van der Waals surface area contributed by atoms with E-state index in [1.807, 2.05) is 56.3 Å². The smallest absolute Gasteiger partial charge is 0.251 e. The summed E-state index contributed by atoms with van der Waals surface area (Å²) >= 11 is 0. The van der Waals surface area contributed by atoms with Crippen LogP contribution < -0.4 is 5.32 Å². The van der Waals surface area contributed by atoms with Gasteiger partial charge >= 0.3 is 0 Å². The van der Waals surface area contributed by atoms with E-state index in [1.54, 1.807) is 0 Å². The Balaban J connectivity index is 1.86. The molecule has 0 fully saturated rings. The number of carbonyl (C=O) groups is 1. The molecular formula is C20H25NO2. The number of hydrogen-bond acceptors (Lipinski definition) is 2. The van der Waals surface area contributed by atoms with Crippen molar-refractivity contribution in [2.45, 2.75) is 39.4 Å². The summed E-state index contributed by atoms with van der Waals surface area (Å²) in [5.74, 6) is 0.253. The molecule has 0 aliphatic carbocycles. The molecule has 0 aromatic heterocycles. The Morgan fingerprint density at radius 3 is 2.26 bits per heavy atom. The molecule has 1 amide bonds. The molecule has 2 aromatic carbocycles. The highest BCUT2D eigenvalue weighted by molar-refractivity contribution is 5.94. The number of nitrogens with one attached hydrogen (secondary N) is 1. The number of benzene rings is 2. The summed E-state index contributed by atoms with van der Waals surface area (Å²) in [7, 11) is 0. The first-order valence-corrected chi connectivity index (χ1v) is 8.10. The van der Waals surface area contributed by atoms with Gasteiger partial charge in [0.05, 0.1) is 12.7 Å². The average Bonchev–Trinajstić information content (AvgIpc) is 2.58. The standard InChI is InChI=1S/C20H25NO2/c1-15(2)23-14-17-9-11-19(12-10-17)20(22)21-13-16(3)18-7-5-4-6-8-18/h4-12,15-16H,13-14H2,1-3H3,(H,21,22)/t16-/m1/s1. The second-order valence-corrected chi connectivity index (χ2v) is 6.08. The van der Waals surface area contributed by atoms with E-state index in [0.717, 1.165) is 5.56 Å². The summed E-state index contributed by atoms with van der Waals surface area (Å²) in [5, 5.41) is 3.00. The summed E-state index contributed by atoms with van der Waals surface area (Å²) in [6.45, 7) is 7.33. The Morgan fingerprint density at radius 2 is 1.65 bits per heavy atom. The third-order valence-corrected chi connectivity index (χ3v) is 3.74. The first-order chi connectivity index (χ1) is 11.1. The van der Waals surface area contributed by atoms with Gasteiger partial charge in [0.15, 0.2) is 0 Å². The van der Waals surface area contributed by atoms with E-state index in [4.69, 9.17) is 4.74 Å². The molecule has 0 heterocycles. The van der Waals surface area contributed by atoms with E-state index in [-0.39, 0.29) is 12.0 Å². The minimum absolute atomic E-state index is 0.0379. The Bertz CT molecular complexity index is 605. The normalized spacial score (nSPS) is 12.2. The summed E-state index contributed by atoms with van der Waals surface area (Å²) in [6, 6.07) is 17.8. The van der Waals surface area contributed by atoms with Gasteiger partial charge in [-0.2, -0.15) is 0 Å². The molecule has 0 aliphatic heterocycles. The lowest BCUT2D eigenvalue weighted by atomic mass is 10.0. The lowest BCUT2D eigenvalue weighted by Gasteiger charge is -2.13. The number of ether oxygens (including phenoxy) is 1. The van der Waals surface area contributed by atoms with Crippen LogP contribution in [0, 0.1) is 0 Å². The molecule has 23 heavy (non-hydrogen) atoms. The maximum absolute atomic E-state index is 12.2. The van der Waals surface area contributed by atoms with Gasteiger partial charge in [-0.25, -0.2) is 0 Å². The van der Waals surface area contributed by atoms with Crippen molar-refractivity contribution in [1.82, 2.24) is 5.32 Å². The number of carbonyl (C=O) groups excluding carboxylic acids is 1. The second kappa shape index (κ2) is 8.49. The minimum atomic E-state index is -0.0379. The quantitative estimate of drug-likeness (QED) is 0.834. The van der Waals surface area contributed by atoms with Crippen molar-refractivity contribution in [3.05, 3.63) is 71.3 Å². The molecule has 0 bridgehead atoms. The summed E-state index contributed by atoms with van der Waals surface area (Å²) < 4.78 is 5.56. The largest absolute Gasteiger partial charge is 0.374 e. The predicted octanol–water partition coefficient (Wildman–Crippen LogP) is 4.15. The van der Waals surface area contributed by atoms with Crippen LogP contribution in [0.1, 0.15) is 48.2 Å². The zero-order chi connectivity index (χ0) is 16.7. The van der Waals surface area contributed by atoms with Crippen molar-refractivity contribution >= 4 is 5.91 Å². The number of hydrogen-bond donors (Lipinski definition) is 1. The summed E-state index contributed by atoms with van der Waals surface area (Å²) in [6.07, 6.45) is 0.206. The molecular weight excluding hydrogens is 286 g/mol. The molecule has 3 nitrogen and oxygen atoms in total. The zero-order valence-electron chi connectivity index (χ0n) is 14.1. The molecule has 2 aromatic rings. The van der Waals surface area contributed by atoms with E-state index in [1.165, 1.54) is 5.56 Å². The molecule has 0 unspecified atom stereocenters. The lowest BCUT2D eigenvalue weighted by molar-refractivity contribution is 0.0657. The fraction of sp³-hybridized carbons (Fsp3) is 0.350.